The fraction of sp³-hybridized carbons (Fsp3) is 0.333. The van der Waals surface area contributed by atoms with Crippen LogP contribution in [0.4, 0.5) is 13.2 Å². The highest BCUT2D eigenvalue weighted by atomic mass is 35.5. The molecule has 0 N–H and O–H groups in total. The molecule has 1 saturated heterocycles. The molecule has 0 bridgehead atoms. The van der Waals surface area contributed by atoms with Crippen LogP contribution in [0.5, 0.6) is 0 Å². The van der Waals surface area contributed by atoms with Gasteiger partial charge >= 0.3 is 6.18 Å². The van der Waals surface area contributed by atoms with E-state index in [1.807, 2.05) is 11.9 Å². The van der Waals surface area contributed by atoms with Gasteiger partial charge < -0.3 is 4.90 Å². The quantitative estimate of drug-likeness (QED) is 0.755. The summed E-state index contributed by atoms with van der Waals surface area (Å²) in [6, 6.07) is 11.1. The summed E-state index contributed by atoms with van der Waals surface area (Å²) in [6.45, 7) is 0.911. The molecule has 9 heteroatoms. The normalized spacial score (nSPS) is 20.0. The van der Waals surface area contributed by atoms with Gasteiger partial charge in [-0.25, -0.2) is 8.42 Å². The lowest BCUT2D eigenvalue weighted by Gasteiger charge is -2.39. The maximum absolute atomic E-state index is 13.5. The molecule has 27 heavy (non-hydrogen) atoms. The number of alkyl halides is 3. The molecule has 0 spiro atoms. The zero-order chi connectivity index (χ0) is 19.8. The monoisotopic (exact) mass is 418 g/mol. The van der Waals surface area contributed by atoms with Crippen molar-refractivity contribution >= 4 is 21.6 Å². The molecule has 146 valence electrons. The maximum Gasteiger partial charge on any atom is 0.417 e. The van der Waals surface area contributed by atoms with E-state index in [4.69, 9.17) is 11.6 Å². The minimum Gasteiger partial charge on any atom is -0.303 e. The third-order valence-electron chi connectivity index (χ3n) is 4.55. The van der Waals surface area contributed by atoms with Gasteiger partial charge in [0.05, 0.1) is 16.5 Å². The first-order valence-corrected chi connectivity index (χ1v) is 10.0. The predicted molar refractivity (Wildman–Crippen MR) is 97.0 cm³/mol. The van der Waals surface area contributed by atoms with Crippen LogP contribution in [-0.4, -0.2) is 44.3 Å². The zero-order valence-electron chi connectivity index (χ0n) is 14.4. The van der Waals surface area contributed by atoms with E-state index in [-0.39, 0.29) is 11.6 Å². The molecule has 1 aliphatic rings. The molecule has 1 heterocycles. The zero-order valence-corrected chi connectivity index (χ0v) is 16.0. The number of sulfonamides is 1. The average Bonchev–Trinajstić information content (AvgIpc) is 2.61. The van der Waals surface area contributed by atoms with Crippen LogP contribution in [0.2, 0.25) is 5.02 Å². The van der Waals surface area contributed by atoms with Crippen LogP contribution >= 0.6 is 11.6 Å². The van der Waals surface area contributed by atoms with E-state index in [0.717, 1.165) is 22.0 Å². The Morgan fingerprint density at radius 2 is 1.74 bits per heavy atom. The first-order valence-electron chi connectivity index (χ1n) is 8.23. The second-order valence-electron chi connectivity index (χ2n) is 6.44. The van der Waals surface area contributed by atoms with Gasteiger partial charge in [0.1, 0.15) is 0 Å². The first-order chi connectivity index (χ1) is 12.6. The molecule has 0 saturated carbocycles. The fourth-order valence-electron chi connectivity index (χ4n) is 3.21. The summed E-state index contributed by atoms with van der Waals surface area (Å²) >= 11 is 5.69. The van der Waals surface area contributed by atoms with E-state index in [0.29, 0.717) is 19.2 Å². The molecule has 1 atom stereocenters. The molecule has 1 aliphatic heterocycles. The van der Waals surface area contributed by atoms with Crippen molar-refractivity contribution in [3.05, 3.63) is 64.7 Å². The Balaban J connectivity index is 2.11. The number of hydrogen-bond donors (Lipinski definition) is 0. The Labute approximate surface area is 161 Å². The van der Waals surface area contributed by atoms with Gasteiger partial charge in [-0.1, -0.05) is 41.9 Å². The summed E-state index contributed by atoms with van der Waals surface area (Å²) in [5, 5.41) is -0.167. The van der Waals surface area contributed by atoms with E-state index < -0.39 is 32.7 Å². The smallest absolute Gasteiger partial charge is 0.303 e. The van der Waals surface area contributed by atoms with Crippen molar-refractivity contribution in [3.8, 4) is 0 Å². The highest BCUT2D eigenvalue weighted by Gasteiger charge is 2.42. The van der Waals surface area contributed by atoms with Gasteiger partial charge in [-0.2, -0.15) is 17.5 Å². The van der Waals surface area contributed by atoms with Gasteiger partial charge in [-0.05, 0) is 30.8 Å². The summed E-state index contributed by atoms with van der Waals surface area (Å²) in [5.74, 6) is 0. The van der Waals surface area contributed by atoms with Gasteiger partial charge in [0.25, 0.3) is 0 Å². The minimum atomic E-state index is -4.83. The lowest BCUT2D eigenvalue weighted by Crippen LogP contribution is -2.49. The van der Waals surface area contributed by atoms with Crippen LogP contribution in [-0.2, 0) is 16.2 Å². The van der Waals surface area contributed by atoms with Crippen molar-refractivity contribution in [2.75, 3.05) is 26.7 Å². The number of halogens is 4. The Morgan fingerprint density at radius 1 is 1.07 bits per heavy atom. The second kappa shape index (κ2) is 7.43. The Morgan fingerprint density at radius 3 is 2.37 bits per heavy atom. The van der Waals surface area contributed by atoms with Crippen molar-refractivity contribution in [1.29, 1.82) is 0 Å². The third kappa shape index (κ3) is 4.13. The first kappa shape index (κ1) is 20.1. The van der Waals surface area contributed by atoms with Crippen molar-refractivity contribution in [1.82, 2.24) is 9.21 Å². The highest BCUT2D eigenvalue weighted by Crippen LogP contribution is 2.39. The van der Waals surface area contributed by atoms with Crippen LogP contribution in [0.25, 0.3) is 0 Å². The van der Waals surface area contributed by atoms with E-state index in [9.17, 15) is 21.6 Å². The highest BCUT2D eigenvalue weighted by molar-refractivity contribution is 7.89. The van der Waals surface area contributed by atoms with E-state index in [1.54, 1.807) is 30.3 Å². The Kier molecular flexibility index (Phi) is 5.54. The average molecular weight is 419 g/mol. The van der Waals surface area contributed by atoms with Crippen molar-refractivity contribution in [2.45, 2.75) is 17.1 Å². The number of hydrogen-bond acceptors (Lipinski definition) is 3. The van der Waals surface area contributed by atoms with Crippen molar-refractivity contribution in [3.63, 3.8) is 0 Å². The number of benzene rings is 2. The van der Waals surface area contributed by atoms with E-state index in [1.165, 1.54) is 0 Å². The summed E-state index contributed by atoms with van der Waals surface area (Å²) < 4.78 is 68.0. The van der Waals surface area contributed by atoms with Gasteiger partial charge in [0.15, 0.2) is 0 Å². The molecule has 0 unspecified atom stereocenters. The van der Waals surface area contributed by atoms with E-state index >= 15 is 0 Å². The predicted octanol–water partition coefficient (Wildman–Crippen LogP) is 4.04. The SMILES string of the molecule is CN1CCN(S(=O)(=O)c2ccc(Cl)cc2C(F)(F)F)[C@@H](c2ccccc2)C1. The molecule has 0 radical (unpaired) electrons. The van der Waals surface area contributed by atoms with Crippen LogP contribution in [0.1, 0.15) is 17.2 Å². The molecule has 1 fully saturated rings. The summed E-state index contributed by atoms with van der Waals surface area (Å²) in [5.41, 5.74) is -0.518. The minimum absolute atomic E-state index is 0.0956. The number of nitrogens with zero attached hydrogens (tertiary/aromatic N) is 2. The Bertz CT molecular complexity index is 920. The molecule has 4 nitrogen and oxygen atoms in total. The summed E-state index contributed by atoms with van der Waals surface area (Å²) in [6.07, 6.45) is -4.83. The molecule has 0 aliphatic carbocycles. The summed E-state index contributed by atoms with van der Waals surface area (Å²) in [4.78, 5) is 1.18. The molecule has 3 rings (SSSR count). The molecule has 2 aromatic rings. The van der Waals surface area contributed by atoms with Gasteiger partial charge in [0.2, 0.25) is 10.0 Å². The van der Waals surface area contributed by atoms with Gasteiger partial charge in [-0.15, -0.1) is 0 Å². The molecular formula is C18H18ClF3N2O2S. The van der Waals surface area contributed by atoms with E-state index in [2.05, 4.69) is 0 Å². The van der Waals surface area contributed by atoms with Gasteiger partial charge in [-0.3, -0.25) is 0 Å². The number of likely N-dealkylation sites (N-methyl/N-ethyl adjacent to an activating group) is 1. The standard InChI is InChI=1S/C18H18ClF3N2O2S/c1-23-9-10-24(16(12-23)13-5-3-2-4-6-13)27(25,26)17-8-7-14(19)11-15(17)18(20,21)22/h2-8,11,16H,9-10,12H2,1H3/t16-/m1/s1. The lowest BCUT2D eigenvalue weighted by molar-refractivity contribution is -0.139. The summed E-state index contributed by atoms with van der Waals surface area (Å²) in [7, 11) is -2.53. The molecular weight excluding hydrogens is 401 g/mol. The van der Waals surface area contributed by atoms with Crippen LogP contribution in [0, 0.1) is 0 Å². The number of piperazine rings is 1. The van der Waals surface area contributed by atoms with Crippen LogP contribution in [0.15, 0.2) is 53.4 Å². The van der Waals surface area contributed by atoms with Gasteiger partial charge in [0, 0.05) is 24.7 Å². The van der Waals surface area contributed by atoms with Crippen LogP contribution in [0.3, 0.4) is 0 Å². The second-order valence-corrected chi connectivity index (χ2v) is 8.74. The topological polar surface area (TPSA) is 40.6 Å². The third-order valence-corrected chi connectivity index (χ3v) is 6.75. The van der Waals surface area contributed by atoms with Crippen molar-refractivity contribution < 1.29 is 21.6 Å². The van der Waals surface area contributed by atoms with Crippen LogP contribution < -0.4 is 0 Å². The largest absolute Gasteiger partial charge is 0.417 e. The molecule has 2 aromatic carbocycles. The maximum atomic E-state index is 13.5. The Hall–Kier alpha value is -1.61. The lowest BCUT2D eigenvalue weighted by atomic mass is 10.1. The van der Waals surface area contributed by atoms with Crippen molar-refractivity contribution in [2.24, 2.45) is 0 Å². The fourth-order valence-corrected chi connectivity index (χ4v) is 5.17. The number of rotatable bonds is 3. The molecule has 0 amide bonds. The molecule has 0 aromatic heterocycles.